The summed E-state index contributed by atoms with van der Waals surface area (Å²) < 4.78 is 20.5. The molecule has 0 N–H and O–H groups in total. The molecule has 2 nitrogen and oxygen atoms in total. The molecule has 4 heteroatoms. The summed E-state index contributed by atoms with van der Waals surface area (Å²) in [5.74, 6) is 0. The van der Waals surface area contributed by atoms with E-state index in [9.17, 15) is 2.74 Å². The first-order valence-corrected chi connectivity index (χ1v) is 23.7. The Bertz CT molecular complexity index is 3950. The van der Waals surface area contributed by atoms with Gasteiger partial charge in [-0.15, -0.1) is 0 Å². The maximum atomic E-state index is 10.2. The molecule has 0 atom stereocenters. The first-order chi connectivity index (χ1) is 34.6. The molecule has 0 unspecified atom stereocenters. The fourth-order valence-electron chi connectivity index (χ4n) is 12.9. The monoisotopic (exact) mass is 858 g/mol. The van der Waals surface area contributed by atoms with Gasteiger partial charge < -0.3 is 9.80 Å². The van der Waals surface area contributed by atoms with Crippen LogP contribution < -0.4 is 42.6 Å². The van der Waals surface area contributed by atoms with Crippen molar-refractivity contribution in [3.8, 4) is 44.5 Å². The highest BCUT2D eigenvalue weighted by molar-refractivity contribution is 7.02. The Kier molecular flexibility index (Phi) is 6.89. The fourth-order valence-corrected chi connectivity index (χ4v) is 12.9. The number of benzene rings is 12. The minimum Gasteiger partial charge on any atom is -0.311 e. The Morgan fingerprint density at radius 1 is 0.294 bits per heavy atom. The van der Waals surface area contributed by atoms with Gasteiger partial charge in [0.05, 0.1) is 2.74 Å². The highest BCUT2D eigenvalue weighted by atomic mass is 15.2. The fraction of sp³-hybridized carbons (Fsp3) is 0. The van der Waals surface area contributed by atoms with Crippen molar-refractivity contribution in [1.82, 2.24) is 0 Å². The summed E-state index contributed by atoms with van der Waals surface area (Å²) >= 11 is 0. The zero-order valence-corrected chi connectivity index (χ0v) is 36.8. The van der Waals surface area contributed by atoms with Crippen molar-refractivity contribution in [1.29, 1.82) is 0 Å². The second kappa shape index (κ2) is 13.5. The van der Waals surface area contributed by atoms with Crippen LogP contribution in [0.25, 0.3) is 76.8 Å². The molecule has 0 amide bonds. The largest absolute Gasteiger partial charge is 0.311 e. The topological polar surface area (TPSA) is 6.48 Å². The van der Waals surface area contributed by atoms with Gasteiger partial charge in [-0.25, -0.2) is 0 Å². The summed E-state index contributed by atoms with van der Waals surface area (Å²) in [4.78, 5) is 4.88. The van der Waals surface area contributed by atoms with E-state index in [-0.39, 0.29) is 13.4 Å². The number of hydrogen-bond donors (Lipinski definition) is 0. The van der Waals surface area contributed by atoms with Gasteiger partial charge in [0.2, 0.25) is 13.4 Å². The van der Waals surface area contributed by atoms with Gasteiger partial charge in [-0.1, -0.05) is 181 Å². The van der Waals surface area contributed by atoms with Crippen LogP contribution in [0.2, 0.25) is 0 Å². The zero-order chi connectivity index (χ0) is 45.9. The minimum atomic E-state index is -0.0981. The molecule has 12 aromatic carbocycles. The van der Waals surface area contributed by atoms with Crippen molar-refractivity contribution < 1.29 is 2.74 Å². The number of nitrogens with zero attached hydrogens (tertiary/aromatic N) is 2. The number of anilines is 6. The summed E-state index contributed by atoms with van der Waals surface area (Å²) in [5, 5.41) is 6.47. The van der Waals surface area contributed by atoms with Crippen LogP contribution in [-0.4, -0.2) is 13.4 Å². The van der Waals surface area contributed by atoms with Crippen LogP contribution in [0.1, 0.15) is 2.74 Å². The summed E-state index contributed by atoms with van der Waals surface area (Å²) in [7, 11) is 0. The molecule has 0 aromatic heterocycles. The number of rotatable bonds is 4. The summed E-state index contributed by atoms with van der Waals surface area (Å²) in [6.07, 6.45) is 0. The van der Waals surface area contributed by atoms with Crippen LogP contribution in [0.3, 0.4) is 0 Å². The van der Waals surface area contributed by atoms with Gasteiger partial charge in [-0.05, 0) is 159 Å². The van der Waals surface area contributed by atoms with Crippen molar-refractivity contribution in [3.63, 3.8) is 0 Å². The van der Waals surface area contributed by atoms with Crippen LogP contribution in [0.4, 0.5) is 34.1 Å². The average Bonchev–Trinajstić information content (AvgIpc) is 3.43. The summed E-state index contributed by atoms with van der Waals surface area (Å²) in [5.41, 5.74) is 23.3. The molecule has 4 aliphatic heterocycles. The Labute approximate surface area is 398 Å². The molecule has 4 heterocycles. The van der Waals surface area contributed by atoms with E-state index in [1.807, 2.05) is 0 Å². The third-order valence-corrected chi connectivity index (χ3v) is 15.5. The third-order valence-electron chi connectivity index (χ3n) is 15.5. The van der Waals surface area contributed by atoms with Gasteiger partial charge in [0, 0.05) is 34.1 Å². The van der Waals surface area contributed by atoms with Gasteiger partial charge in [-0.3, -0.25) is 0 Å². The Morgan fingerprint density at radius 3 is 1.10 bits per heavy atom. The molecule has 0 fully saturated rings. The number of fused-ring (bicyclic) bond motifs is 8. The first kappa shape index (κ1) is 34.7. The molecule has 0 saturated carbocycles. The second-order valence-corrected chi connectivity index (χ2v) is 18.9. The highest BCUT2D eigenvalue weighted by Gasteiger charge is 2.45. The van der Waals surface area contributed by atoms with E-state index in [0.717, 1.165) is 89.0 Å². The normalized spacial score (nSPS) is 13.9. The lowest BCUT2D eigenvalue weighted by Gasteiger charge is -2.42. The van der Waals surface area contributed by atoms with Crippen LogP contribution in [0.5, 0.6) is 0 Å². The molecule has 16 rings (SSSR count). The van der Waals surface area contributed by atoms with E-state index >= 15 is 0 Å². The second-order valence-electron chi connectivity index (χ2n) is 18.9. The molecule has 0 spiro atoms. The predicted octanol–water partition coefficient (Wildman–Crippen LogP) is 12.5. The van der Waals surface area contributed by atoms with Crippen LogP contribution in [0.15, 0.2) is 230 Å². The van der Waals surface area contributed by atoms with E-state index in [0.29, 0.717) is 12.1 Å². The maximum absolute atomic E-state index is 10.2. The van der Waals surface area contributed by atoms with Crippen molar-refractivity contribution in [2.24, 2.45) is 0 Å². The molecular weight excluding hydrogens is 818 g/mol. The molecule has 4 aliphatic rings. The smallest absolute Gasteiger partial charge is 0.248 e. The third kappa shape index (κ3) is 4.78. The predicted molar refractivity (Wildman–Crippen MR) is 291 cm³/mol. The van der Waals surface area contributed by atoms with Gasteiger partial charge >= 0.3 is 0 Å². The lowest BCUT2D eigenvalue weighted by atomic mass is 9.31. The Balaban J connectivity index is 1.06. The summed E-state index contributed by atoms with van der Waals surface area (Å²) in [6.45, 7) is -0.196. The highest BCUT2D eigenvalue weighted by Crippen LogP contribution is 2.50. The molecule has 310 valence electrons. The van der Waals surface area contributed by atoms with E-state index < -0.39 is 0 Å². The van der Waals surface area contributed by atoms with Gasteiger partial charge in [-0.2, -0.15) is 0 Å². The van der Waals surface area contributed by atoms with E-state index in [1.165, 1.54) is 54.7 Å². The number of para-hydroxylation sites is 4. The number of hydrogen-bond acceptors (Lipinski definition) is 2. The van der Waals surface area contributed by atoms with E-state index in [2.05, 4.69) is 228 Å². The molecule has 12 aromatic rings. The van der Waals surface area contributed by atoms with Crippen molar-refractivity contribution in [2.45, 2.75) is 0 Å². The van der Waals surface area contributed by atoms with Crippen molar-refractivity contribution in [3.05, 3.63) is 230 Å². The van der Waals surface area contributed by atoms with Crippen molar-refractivity contribution in [2.75, 3.05) is 9.80 Å². The summed E-state index contributed by atoms with van der Waals surface area (Å²) in [6, 6.07) is 80.4. The van der Waals surface area contributed by atoms with Gasteiger partial charge in [0.25, 0.3) is 0 Å². The first-order valence-electron chi connectivity index (χ1n) is 24.7. The lowest BCUT2D eigenvalue weighted by Crippen LogP contribution is -2.60. The molecule has 0 radical (unpaired) electrons. The minimum absolute atomic E-state index is 0.0981. The zero-order valence-electron chi connectivity index (χ0n) is 38.8. The van der Waals surface area contributed by atoms with Crippen molar-refractivity contribution >= 4 is 113 Å². The SMILES string of the molecule is [2H]c1cc2c3c(cc4c([2H])cc5c6c(cc1c3c46)B1c3ccccc3N(c3ccccc3)c3cc(-c4ccccc4)cc-5c31)B1c3ccccc3N(c3ccccc3)c3cc(-c4ccccc4)cc-2c31. The van der Waals surface area contributed by atoms with E-state index in [4.69, 9.17) is 0 Å². The molecule has 68 heavy (non-hydrogen) atoms. The molecule has 0 saturated heterocycles. The van der Waals surface area contributed by atoms with Crippen LogP contribution >= 0.6 is 0 Å². The molecular formula is C64H38B2N2. The molecule has 0 aliphatic carbocycles. The Hall–Kier alpha value is -8.59. The average molecular weight is 859 g/mol. The Morgan fingerprint density at radius 2 is 0.676 bits per heavy atom. The van der Waals surface area contributed by atoms with Gasteiger partial charge in [0.1, 0.15) is 0 Å². The quantitative estimate of drug-likeness (QED) is 0.129. The van der Waals surface area contributed by atoms with Crippen LogP contribution in [0, 0.1) is 0 Å². The van der Waals surface area contributed by atoms with E-state index in [1.54, 1.807) is 0 Å². The lowest BCUT2D eigenvalue weighted by molar-refractivity contribution is 1.29. The standard InChI is InChI=1S/C64H38B2N2/c1-5-17-39(18-6-1)43-33-49-47-31-29-41-36-54-62-48(50-34-44(40-19-7-2-8-20-40)38-58-64(50)66(54)52-26-14-16-28-56(52)68(58)46-23-11-4-12-24-46)32-30-42-35-53(61(47)59(41)60(42)62)65-51-25-13-15-27-55(51)67(57(37-43)63(49)65)45-21-9-3-10-22-45/h1-38H/i29D,30D. The maximum Gasteiger partial charge on any atom is 0.248 e. The molecule has 0 bridgehead atoms. The van der Waals surface area contributed by atoms with Gasteiger partial charge in [0.15, 0.2) is 0 Å². The van der Waals surface area contributed by atoms with Crippen LogP contribution in [-0.2, 0) is 0 Å².